The summed E-state index contributed by atoms with van der Waals surface area (Å²) < 4.78 is 6.20. The van der Waals surface area contributed by atoms with Crippen molar-refractivity contribution < 1.29 is 4.42 Å². The third-order valence-electron chi connectivity index (χ3n) is 7.81. The molecular weight excluding hydrogens is 510 g/mol. The molecule has 0 saturated carbocycles. The van der Waals surface area contributed by atoms with E-state index in [0.717, 1.165) is 22.4 Å². The predicted octanol–water partition coefficient (Wildman–Crippen LogP) is 10.7. The summed E-state index contributed by atoms with van der Waals surface area (Å²) in [6.45, 7) is 0. The molecular formula is C40H31NO. The van der Waals surface area contributed by atoms with Gasteiger partial charge in [-0.1, -0.05) is 127 Å². The smallest absolute Gasteiger partial charge is 0.135 e. The van der Waals surface area contributed by atoms with E-state index in [-0.39, 0.29) is 12.0 Å². The van der Waals surface area contributed by atoms with Crippen molar-refractivity contribution in [3.8, 4) is 22.3 Å². The highest BCUT2D eigenvalue weighted by Gasteiger charge is 2.15. The van der Waals surface area contributed by atoms with Gasteiger partial charge in [-0.05, 0) is 75.5 Å². The number of rotatable bonds is 7. The van der Waals surface area contributed by atoms with E-state index in [0.29, 0.717) is 0 Å². The lowest BCUT2D eigenvalue weighted by molar-refractivity contribution is 0.604. The first-order valence-electron chi connectivity index (χ1n) is 14.4. The Morgan fingerprint density at radius 1 is 0.548 bits per heavy atom. The quantitative estimate of drug-likeness (QED) is 0.203. The third-order valence-corrected chi connectivity index (χ3v) is 7.81. The molecule has 0 radical (unpaired) electrons. The molecule has 2 unspecified atom stereocenters. The molecule has 7 rings (SSSR count). The number of allylic oxidation sites excluding steroid dienone is 4. The van der Waals surface area contributed by atoms with Gasteiger partial charge in [0.1, 0.15) is 11.3 Å². The Kier molecular flexibility index (Phi) is 7.10. The molecule has 0 amide bonds. The summed E-state index contributed by atoms with van der Waals surface area (Å²) in [5.74, 6) is 1.09. The Bertz CT molecular complexity index is 1940. The maximum atomic E-state index is 6.20. The minimum atomic E-state index is 0.182. The van der Waals surface area contributed by atoms with E-state index in [2.05, 4.69) is 157 Å². The number of anilines is 1. The second-order valence-electron chi connectivity index (χ2n) is 10.7. The molecule has 202 valence electrons. The molecule has 0 fully saturated rings. The first kappa shape index (κ1) is 25.6. The van der Waals surface area contributed by atoms with Gasteiger partial charge in [-0.15, -0.1) is 0 Å². The largest absolute Gasteiger partial charge is 0.457 e. The summed E-state index contributed by atoms with van der Waals surface area (Å²) in [5.41, 5.74) is 6.89. The van der Waals surface area contributed by atoms with Gasteiger partial charge >= 0.3 is 0 Å². The summed E-state index contributed by atoms with van der Waals surface area (Å²) in [4.78, 5) is 0. The molecule has 42 heavy (non-hydrogen) atoms. The second-order valence-corrected chi connectivity index (χ2v) is 10.7. The number of hydrogen-bond acceptors (Lipinski definition) is 2. The van der Waals surface area contributed by atoms with Gasteiger partial charge < -0.3 is 9.73 Å². The molecule has 0 saturated heterocycles. The molecule has 2 heteroatoms. The van der Waals surface area contributed by atoms with E-state index in [4.69, 9.17) is 4.42 Å². The van der Waals surface area contributed by atoms with Crippen molar-refractivity contribution in [3.63, 3.8) is 0 Å². The van der Waals surface area contributed by atoms with Crippen LogP contribution in [0.1, 0.15) is 5.76 Å². The lowest BCUT2D eigenvalue weighted by atomic mass is 9.94. The molecule has 1 aromatic heterocycles. The van der Waals surface area contributed by atoms with Gasteiger partial charge in [0.25, 0.3) is 0 Å². The van der Waals surface area contributed by atoms with Gasteiger partial charge in [0.05, 0.1) is 6.04 Å². The molecule has 0 bridgehead atoms. The van der Waals surface area contributed by atoms with E-state index >= 15 is 0 Å². The number of furan rings is 1. The van der Waals surface area contributed by atoms with Crippen LogP contribution in [0.25, 0.3) is 50.1 Å². The van der Waals surface area contributed by atoms with Crippen molar-refractivity contribution in [2.24, 2.45) is 5.92 Å². The van der Waals surface area contributed by atoms with Crippen LogP contribution >= 0.6 is 0 Å². The standard InChI is InChI=1S/C40H31NO/c1-3-11-29(12-4-1)31-21-23-37(24-22-31)41-39-18-10-8-16-32(39)15-7-9-17-38-27-36-26-34-20-19-33(30-13-5-2-6-14-30)25-35(34)28-40(36)42-38/h1-28,32,39,41H/b15-7+,17-9-. The van der Waals surface area contributed by atoms with Crippen LogP contribution in [-0.4, -0.2) is 6.04 Å². The van der Waals surface area contributed by atoms with E-state index in [1.165, 1.54) is 33.0 Å². The average Bonchev–Trinajstić information content (AvgIpc) is 3.45. The van der Waals surface area contributed by atoms with E-state index in [1.807, 2.05) is 18.2 Å². The van der Waals surface area contributed by atoms with Gasteiger partial charge in [0.2, 0.25) is 0 Å². The van der Waals surface area contributed by atoms with Crippen LogP contribution in [0.2, 0.25) is 0 Å². The highest BCUT2D eigenvalue weighted by molar-refractivity contribution is 5.98. The van der Waals surface area contributed by atoms with Crippen LogP contribution in [0, 0.1) is 5.92 Å². The fraction of sp³-hybridized carbons (Fsp3) is 0.0500. The van der Waals surface area contributed by atoms with Gasteiger partial charge in [0.15, 0.2) is 0 Å². The SMILES string of the molecule is C1=CC(/C=C/C=C\c2cc3cc4ccc(-c5ccccc5)cc4cc3o2)C(Nc2ccc(-c3ccccc3)cc2)C=C1. The van der Waals surface area contributed by atoms with Crippen LogP contribution < -0.4 is 5.32 Å². The number of hydrogen-bond donors (Lipinski definition) is 1. The Labute approximate surface area is 246 Å². The Morgan fingerprint density at radius 3 is 2.02 bits per heavy atom. The zero-order chi connectivity index (χ0) is 28.1. The van der Waals surface area contributed by atoms with Crippen LogP contribution in [0.15, 0.2) is 168 Å². The van der Waals surface area contributed by atoms with Crippen LogP contribution in [0.4, 0.5) is 5.69 Å². The van der Waals surface area contributed by atoms with Crippen molar-refractivity contribution in [3.05, 3.63) is 170 Å². The first-order valence-corrected chi connectivity index (χ1v) is 14.4. The first-order chi connectivity index (χ1) is 20.8. The number of benzene rings is 5. The average molecular weight is 542 g/mol. The molecule has 6 aromatic rings. The zero-order valence-electron chi connectivity index (χ0n) is 23.2. The fourth-order valence-corrected chi connectivity index (χ4v) is 5.57. The van der Waals surface area contributed by atoms with Crippen molar-refractivity contribution in [2.45, 2.75) is 6.04 Å². The Balaban J connectivity index is 1.03. The highest BCUT2D eigenvalue weighted by atomic mass is 16.3. The predicted molar refractivity (Wildman–Crippen MR) is 178 cm³/mol. The number of nitrogens with one attached hydrogen (secondary N) is 1. The normalized spacial score (nSPS) is 16.7. The summed E-state index contributed by atoms with van der Waals surface area (Å²) in [7, 11) is 0. The summed E-state index contributed by atoms with van der Waals surface area (Å²) in [5, 5.41) is 7.19. The fourth-order valence-electron chi connectivity index (χ4n) is 5.57. The van der Waals surface area contributed by atoms with Crippen LogP contribution in [0.3, 0.4) is 0 Å². The molecule has 1 heterocycles. The van der Waals surface area contributed by atoms with Gasteiger partial charge in [-0.2, -0.15) is 0 Å². The number of fused-ring (bicyclic) bond motifs is 2. The second kappa shape index (κ2) is 11.6. The Hall–Kier alpha value is -5.34. The monoisotopic (exact) mass is 541 g/mol. The zero-order valence-corrected chi connectivity index (χ0v) is 23.2. The molecule has 0 spiro atoms. The molecule has 1 aliphatic carbocycles. The van der Waals surface area contributed by atoms with Gasteiger partial charge in [0, 0.05) is 17.0 Å². The molecule has 2 atom stereocenters. The maximum absolute atomic E-state index is 6.20. The molecule has 5 aromatic carbocycles. The van der Waals surface area contributed by atoms with Gasteiger partial charge in [-0.3, -0.25) is 0 Å². The van der Waals surface area contributed by atoms with Crippen molar-refractivity contribution in [2.75, 3.05) is 5.32 Å². The highest BCUT2D eigenvalue weighted by Crippen LogP contribution is 2.30. The topological polar surface area (TPSA) is 25.2 Å². The van der Waals surface area contributed by atoms with E-state index in [9.17, 15) is 0 Å². The minimum absolute atomic E-state index is 0.182. The maximum Gasteiger partial charge on any atom is 0.135 e. The molecule has 1 N–H and O–H groups in total. The molecule has 2 nitrogen and oxygen atoms in total. The van der Waals surface area contributed by atoms with Gasteiger partial charge in [-0.25, -0.2) is 0 Å². The van der Waals surface area contributed by atoms with Crippen molar-refractivity contribution in [1.29, 1.82) is 0 Å². The van der Waals surface area contributed by atoms with Crippen LogP contribution in [0.5, 0.6) is 0 Å². The Morgan fingerprint density at radius 2 is 1.24 bits per heavy atom. The van der Waals surface area contributed by atoms with E-state index < -0.39 is 0 Å². The minimum Gasteiger partial charge on any atom is -0.457 e. The van der Waals surface area contributed by atoms with Crippen molar-refractivity contribution >= 4 is 33.5 Å². The lowest BCUT2D eigenvalue weighted by Crippen LogP contribution is -2.25. The van der Waals surface area contributed by atoms with E-state index in [1.54, 1.807) is 0 Å². The molecule has 1 aliphatic rings. The van der Waals surface area contributed by atoms with Crippen molar-refractivity contribution in [1.82, 2.24) is 0 Å². The summed E-state index contributed by atoms with van der Waals surface area (Å²) in [6, 6.07) is 42.9. The summed E-state index contributed by atoms with van der Waals surface area (Å²) in [6.07, 6.45) is 17.1. The lowest BCUT2D eigenvalue weighted by Gasteiger charge is -2.24. The van der Waals surface area contributed by atoms with Crippen LogP contribution in [-0.2, 0) is 0 Å². The molecule has 0 aliphatic heterocycles. The summed E-state index contributed by atoms with van der Waals surface area (Å²) >= 11 is 0. The third kappa shape index (κ3) is 5.61.